The van der Waals surface area contributed by atoms with Crippen molar-refractivity contribution in [3.63, 3.8) is 0 Å². The Morgan fingerprint density at radius 1 is 1.23 bits per heavy atom. The molecule has 160 valence electrons. The molecule has 0 aliphatic carbocycles. The topological polar surface area (TPSA) is 64.4 Å². The van der Waals surface area contributed by atoms with Gasteiger partial charge in [0.25, 0.3) is 0 Å². The molecule has 0 bridgehead atoms. The second-order valence-electron chi connectivity index (χ2n) is 6.79. The minimum atomic E-state index is -3.60. The van der Waals surface area contributed by atoms with E-state index in [2.05, 4.69) is 4.98 Å². The van der Waals surface area contributed by atoms with Crippen LogP contribution in [0.3, 0.4) is 0 Å². The summed E-state index contributed by atoms with van der Waals surface area (Å²) in [5.41, 5.74) is 1.85. The third kappa shape index (κ3) is 4.09. The summed E-state index contributed by atoms with van der Waals surface area (Å²) in [5, 5.41) is 1.06. The Balaban J connectivity index is 1.65. The van der Waals surface area contributed by atoms with Gasteiger partial charge in [0, 0.05) is 36.0 Å². The monoisotopic (exact) mass is 469 g/mol. The molecule has 0 saturated carbocycles. The number of hydrogen-bond acceptors (Lipinski definition) is 5. The zero-order chi connectivity index (χ0) is 21.3. The number of ether oxygens (including phenoxy) is 1. The number of hydrogen-bond donors (Lipinski definition) is 0. The van der Waals surface area contributed by atoms with Crippen LogP contribution in [-0.2, 0) is 27.1 Å². The van der Waals surface area contributed by atoms with Crippen LogP contribution in [0.4, 0.5) is 4.39 Å². The fourth-order valence-corrected chi connectivity index (χ4v) is 6.26. The second-order valence-corrected chi connectivity index (χ2v) is 10.1. The van der Waals surface area contributed by atoms with E-state index >= 15 is 0 Å². The molecule has 1 saturated heterocycles. The van der Waals surface area contributed by atoms with E-state index in [4.69, 9.17) is 16.3 Å². The normalized spacial score (nSPS) is 15.7. The predicted octanol–water partition coefficient (Wildman–Crippen LogP) is 4.16. The molecule has 1 aromatic heterocycles. The number of rotatable bonds is 6. The molecule has 0 amide bonds. The molecule has 0 N–H and O–H groups in total. The van der Waals surface area contributed by atoms with Gasteiger partial charge >= 0.3 is 0 Å². The van der Waals surface area contributed by atoms with E-state index in [0.29, 0.717) is 59.9 Å². The third-order valence-electron chi connectivity index (χ3n) is 5.02. The zero-order valence-corrected chi connectivity index (χ0v) is 18.7. The number of thioether (sulfide) groups is 1. The Morgan fingerprint density at radius 3 is 2.70 bits per heavy atom. The maximum atomic E-state index is 14.1. The first-order chi connectivity index (χ1) is 14.4. The summed E-state index contributed by atoms with van der Waals surface area (Å²) in [4.78, 5) is 4.84. The van der Waals surface area contributed by atoms with Crippen LogP contribution in [0.5, 0.6) is 0 Å². The SMILES string of the molecule is CCn1c(SCc2c(F)cccc2Cl)nc2cc(S(=O)(=O)N3CCOCC3)ccc21. The highest BCUT2D eigenvalue weighted by atomic mass is 35.5. The summed E-state index contributed by atoms with van der Waals surface area (Å²) in [6.45, 7) is 4.11. The van der Waals surface area contributed by atoms with Gasteiger partial charge < -0.3 is 9.30 Å². The average molecular weight is 470 g/mol. The van der Waals surface area contributed by atoms with Crippen LogP contribution >= 0.6 is 23.4 Å². The quantitative estimate of drug-likeness (QED) is 0.507. The lowest BCUT2D eigenvalue weighted by molar-refractivity contribution is 0.0730. The van der Waals surface area contributed by atoms with E-state index in [1.54, 1.807) is 30.3 Å². The molecule has 4 rings (SSSR count). The molecular formula is C20H21ClFN3O3S2. The molecular weight excluding hydrogens is 449 g/mol. The van der Waals surface area contributed by atoms with Gasteiger partial charge in [-0.2, -0.15) is 4.31 Å². The van der Waals surface area contributed by atoms with Crippen molar-refractivity contribution in [2.45, 2.75) is 29.3 Å². The van der Waals surface area contributed by atoms with Gasteiger partial charge in [-0.1, -0.05) is 29.4 Å². The highest BCUT2D eigenvalue weighted by Gasteiger charge is 2.27. The average Bonchev–Trinajstić information content (AvgIpc) is 3.10. The lowest BCUT2D eigenvalue weighted by Gasteiger charge is -2.26. The van der Waals surface area contributed by atoms with E-state index in [9.17, 15) is 12.8 Å². The number of aromatic nitrogens is 2. The Hall–Kier alpha value is -1.65. The minimum Gasteiger partial charge on any atom is -0.379 e. The predicted molar refractivity (Wildman–Crippen MR) is 116 cm³/mol. The molecule has 1 aliphatic rings. The number of fused-ring (bicyclic) bond motifs is 1. The van der Waals surface area contributed by atoms with Gasteiger partial charge in [-0.05, 0) is 37.3 Å². The second kappa shape index (κ2) is 8.84. The van der Waals surface area contributed by atoms with E-state index in [1.807, 2.05) is 11.5 Å². The van der Waals surface area contributed by atoms with E-state index < -0.39 is 10.0 Å². The maximum Gasteiger partial charge on any atom is 0.243 e. The molecule has 6 nitrogen and oxygen atoms in total. The van der Waals surface area contributed by atoms with Gasteiger partial charge in [0.2, 0.25) is 10.0 Å². The van der Waals surface area contributed by atoms with Crippen molar-refractivity contribution in [1.29, 1.82) is 0 Å². The smallest absolute Gasteiger partial charge is 0.243 e. The summed E-state index contributed by atoms with van der Waals surface area (Å²) in [5.74, 6) is -0.0265. The van der Waals surface area contributed by atoms with Crippen molar-refractivity contribution in [2.75, 3.05) is 26.3 Å². The first-order valence-electron chi connectivity index (χ1n) is 9.55. The number of nitrogens with zero attached hydrogens (tertiary/aromatic N) is 3. The number of aryl methyl sites for hydroxylation is 1. The van der Waals surface area contributed by atoms with E-state index in [-0.39, 0.29) is 10.7 Å². The number of benzene rings is 2. The van der Waals surface area contributed by atoms with E-state index in [1.165, 1.54) is 22.1 Å². The largest absolute Gasteiger partial charge is 0.379 e. The molecule has 0 radical (unpaired) electrons. The molecule has 1 aliphatic heterocycles. The summed E-state index contributed by atoms with van der Waals surface area (Å²) in [7, 11) is -3.60. The van der Waals surface area contributed by atoms with Crippen LogP contribution in [0, 0.1) is 5.82 Å². The standard InChI is InChI=1S/C20H21ClFN3O3S2/c1-2-25-19-7-6-14(30(26,27)24-8-10-28-11-9-24)12-18(19)23-20(25)29-13-15-16(21)4-3-5-17(15)22/h3-7,12H,2,8-11,13H2,1H3. The molecule has 3 aromatic rings. The molecule has 2 heterocycles. The fraction of sp³-hybridized carbons (Fsp3) is 0.350. The Kier molecular flexibility index (Phi) is 6.36. The van der Waals surface area contributed by atoms with Crippen LogP contribution in [0.1, 0.15) is 12.5 Å². The van der Waals surface area contributed by atoms with Crippen LogP contribution in [0.25, 0.3) is 11.0 Å². The van der Waals surface area contributed by atoms with Crippen molar-refractivity contribution in [3.8, 4) is 0 Å². The first kappa shape index (κ1) is 21.6. The van der Waals surface area contributed by atoms with Crippen LogP contribution in [0.2, 0.25) is 5.02 Å². The Bertz CT molecular complexity index is 1160. The first-order valence-corrected chi connectivity index (χ1v) is 12.4. The molecule has 0 atom stereocenters. The van der Waals surface area contributed by atoms with Gasteiger partial charge in [0.05, 0.1) is 29.1 Å². The fourth-order valence-electron chi connectivity index (χ4n) is 3.41. The third-order valence-corrected chi connectivity index (χ3v) is 8.27. The van der Waals surface area contributed by atoms with Gasteiger partial charge in [-0.15, -0.1) is 0 Å². The number of sulfonamides is 1. The molecule has 10 heteroatoms. The molecule has 1 fully saturated rings. The van der Waals surface area contributed by atoms with Crippen molar-refractivity contribution in [1.82, 2.24) is 13.9 Å². The molecule has 2 aromatic carbocycles. The van der Waals surface area contributed by atoms with Crippen molar-refractivity contribution < 1.29 is 17.5 Å². The van der Waals surface area contributed by atoms with Crippen LogP contribution in [-0.4, -0.2) is 48.6 Å². The van der Waals surface area contributed by atoms with Crippen LogP contribution in [0.15, 0.2) is 46.5 Å². The number of imidazole rings is 1. The summed E-state index contributed by atoms with van der Waals surface area (Å²) < 4.78 is 48.7. The molecule has 30 heavy (non-hydrogen) atoms. The Labute approximate surface area is 184 Å². The highest BCUT2D eigenvalue weighted by Crippen LogP contribution is 2.31. The lowest BCUT2D eigenvalue weighted by Crippen LogP contribution is -2.40. The van der Waals surface area contributed by atoms with E-state index in [0.717, 1.165) is 5.52 Å². The zero-order valence-electron chi connectivity index (χ0n) is 16.3. The van der Waals surface area contributed by atoms with Crippen LogP contribution < -0.4 is 0 Å². The lowest BCUT2D eigenvalue weighted by atomic mass is 10.2. The molecule has 0 spiro atoms. The summed E-state index contributed by atoms with van der Waals surface area (Å²) in [6, 6.07) is 9.61. The van der Waals surface area contributed by atoms with Gasteiger partial charge in [-0.3, -0.25) is 0 Å². The van der Waals surface area contributed by atoms with Gasteiger partial charge in [0.1, 0.15) is 5.82 Å². The van der Waals surface area contributed by atoms with Crippen molar-refractivity contribution in [2.24, 2.45) is 0 Å². The van der Waals surface area contributed by atoms with Gasteiger partial charge in [0.15, 0.2) is 5.16 Å². The van der Waals surface area contributed by atoms with Crippen molar-refractivity contribution in [3.05, 3.63) is 52.8 Å². The maximum absolute atomic E-state index is 14.1. The minimum absolute atomic E-state index is 0.214. The highest BCUT2D eigenvalue weighted by molar-refractivity contribution is 7.98. The van der Waals surface area contributed by atoms with Crippen molar-refractivity contribution >= 4 is 44.4 Å². The number of halogens is 2. The summed E-state index contributed by atoms with van der Waals surface area (Å²) in [6.07, 6.45) is 0. The Morgan fingerprint density at radius 2 is 2.00 bits per heavy atom. The summed E-state index contributed by atoms with van der Waals surface area (Å²) >= 11 is 7.50. The molecule has 0 unspecified atom stereocenters. The number of morpholine rings is 1. The van der Waals surface area contributed by atoms with Gasteiger partial charge in [-0.25, -0.2) is 17.8 Å².